The van der Waals surface area contributed by atoms with E-state index in [1.807, 2.05) is 6.92 Å². The van der Waals surface area contributed by atoms with Crippen molar-refractivity contribution in [3.8, 4) is 0 Å². The fraction of sp³-hybridized carbons (Fsp3) is 0.583. The molecule has 1 aliphatic heterocycles. The Kier molecular flexibility index (Phi) is 9.72. The third-order valence-corrected chi connectivity index (χ3v) is 12.2. The zero-order valence-electron chi connectivity index (χ0n) is 21.6. The number of carbonyl (C=O) groups excluding carboxylic acids is 3. The van der Waals surface area contributed by atoms with Crippen molar-refractivity contribution in [2.45, 2.75) is 77.9 Å². The van der Waals surface area contributed by atoms with Crippen LogP contribution in [0.4, 0.5) is 5.69 Å². The van der Waals surface area contributed by atoms with Gasteiger partial charge in [-0.2, -0.15) is 4.79 Å². The van der Waals surface area contributed by atoms with Crippen LogP contribution in [0.5, 0.6) is 0 Å². The molecule has 0 radical (unpaired) electrons. The number of nitrogens with zero attached hydrogens (tertiary/aromatic N) is 5. The van der Waals surface area contributed by atoms with Crippen molar-refractivity contribution >= 4 is 37.4 Å². The van der Waals surface area contributed by atoms with Crippen LogP contribution < -0.4 is 5.32 Å². The van der Waals surface area contributed by atoms with E-state index in [-0.39, 0.29) is 12.5 Å². The lowest BCUT2D eigenvalue weighted by Gasteiger charge is -2.53. The van der Waals surface area contributed by atoms with E-state index < -0.39 is 49.3 Å². The molecule has 11 nitrogen and oxygen atoms in total. The molecule has 0 aliphatic carbocycles. The number of azide groups is 1. The second kappa shape index (κ2) is 12.1. The highest BCUT2D eigenvalue weighted by Gasteiger charge is 2.60. The number of Topliss-reactive ketones (excluding diaryl/α,β-unsaturated/α-hetero) is 1. The molecule has 2 rings (SSSR count). The average molecular weight is 515 g/mol. The summed E-state index contributed by atoms with van der Waals surface area (Å²) in [5.74, 6) is -3.53. The van der Waals surface area contributed by atoms with Crippen molar-refractivity contribution in [3.05, 3.63) is 45.8 Å². The lowest BCUT2D eigenvalue weighted by molar-refractivity contribution is -0.153. The molecule has 4 atom stereocenters. The standard InChI is InChI=1S/C24H34N6O5Si/c1-7-36(8-2,9-3)35-16(5)19-22(32)27-24(19,6)15(4)21(31)20(28-25)23(33)34-14-17-10-12-18(13-11-17)29-30-26/h10-13,15-16,19H,7-9,14H2,1-6H3,(H,27,32)/t15-,16+,19-,24+/m0/s1. The number of hydrogen-bond donors (Lipinski definition) is 1. The highest BCUT2D eigenvalue weighted by Crippen LogP contribution is 2.40. The zero-order chi connectivity index (χ0) is 27.1. The van der Waals surface area contributed by atoms with E-state index in [4.69, 9.17) is 14.7 Å². The van der Waals surface area contributed by atoms with E-state index in [9.17, 15) is 19.9 Å². The lowest BCUT2D eigenvalue weighted by Crippen LogP contribution is -2.75. The van der Waals surface area contributed by atoms with Gasteiger partial charge < -0.3 is 20.0 Å². The molecule has 0 aromatic heterocycles. The molecular formula is C24H34N6O5Si. The molecule has 0 spiro atoms. The largest absolute Gasteiger partial charge is 0.452 e. The van der Waals surface area contributed by atoms with Crippen molar-refractivity contribution in [2.24, 2.45) is 17.0 Å². The first-order valence-electron chi connectivity index (χ1n) is 12.1. The van der Waals surface area contributed by atoms with E-state index in [1.54, 1.807) is 38.1 Å². The smallest absolute Gasteiger partial charge is 0.441 e. The topological polar surface area (TPSA) is 167 Å². The van der Waals surface area contributed by atoms with Crippen molar-refractivity contribution in [1.82, 2.24) is 5.32 Å². The third kappa shape index (κ3) is 5.91. The van der Waals surface area contributed by atoms with Gasteiger partial charge in [-0.25, -0.2) is 4.79 Å². The predicted molar refractivity (Wildman–Crippen MR) is 136 cm³/mol. The molecular weight excluding hydrogens is 480 g/mol. The molecule has 36 heavy (non-hydrogen) atoms. The molecule has 1 heterocycles. The van der Waals surface area contributed by atoms with Gasteiger partial charge >= 0.3 is 11.7 Å². The fourth-order valence-corrected chi connectivity index (χ4v) is 7.68. The number of rotatable bonds is 13. The number of esters is 1. The van der Waals surface area contributed by atoms with E-state index >= 15 is 0 Å². The first-order valence-corrected chi connectivity index (χ1v) is 14.6. The second-order valence-electron chi connectivity index (χ2n) is 9.28. The monoisotopic (exact) mass is 514 g/mol. The summed E-state index contributed by atoms with van der Waals surface area (Å²) in [6, 6.07) is 9.06. The molecule has 0 saturated carbocycles. The van der Waals surface area contributed by atoms with Crippen LogP contribution in [-0.4, -0.2) is 48.1 Å². The Morgan fingerprint density at radius 2 is 1.72 bits per heavy atom. The summed E-state index contributed by atoms with van der Waals surface area (Å²) in [5.41, 5.74) is 17.2. The van der Waals surface area contributed by atoms with Crippen LogP contribution in [0.25, 0.3) is 16.0 Å². The van der Waals surface area contributed by atoms with Crippen LogP contribution in [0.15, 0.2) is 29.4 Å². The number of hydrogen-bond acceptors (Lipinski definition) is 6. The highest BCUT2D eigenvalue weighted by molar-refractivity contribution is 6.73. The quantitative estimate of drug-likeness (QED) is 0.0598. The van der Waals surface area contributed by atoms with Crippen LogP contribution in [0.2, 0.25) is 18.1 Å². The maximum Gasteiger partial charge on any atom is 0.441 e. The number of β-lactam (4-membered cyclic amide) rings is 1. The zero-order valence-corrected chi connectivity index (χ0v) is 22.6. The van der Waals surface area contributed by atoms with Gasteiger partial charge in [-0.3, -0.25) is 9.59 Å². The molecule has 0 bridgehead atoms. The Morgan fingerprint density at radius 1 is 1.14 bits per heavy atom. The molecule has 1 fully saturated rings. The number of ether oxygens (including phenoxy) is 1. The first-order chi connectivity index (χ1) is 17.0. The lowest BCUT2D eigenvalue weighted by atomic mass is 9.65. The molecule has 0 unspecified atom stereocenters. The maximum atomic E-state index is 13.2. The van der Waals surface area contributed by atoms with Crippen LogP contribution in [0.3, 0.4) is 0 Å². The summed E-state index contributed by atoms with van der Waals surface area (Å²) in [7, 11) is -2.00. The third-order valence-electron chi connectivity index (χ3n) is 7.45. The Morgan fingerprint density at radius 3 is 2.19 bits per heavy atom. The van der Waals surface area contributed by atoms with Gasteiger partial charge in [-0.15, -0.1) is 0 Å². The summed E-state index contributed by atoms with van der Waals surface area (Å²) >= 11 is 0. The van der Waals surface area contributed by atoms with Crippen molar-refractivity contribution in [2.75, 3.05) is 0 Å². The molecule has 194 valence electrons. The molecule has 1 aromatic rings. The molecule has 1 saturated heterocycles. The molecule has 1 aliphatic rings. The van der Waals surface area contributed by atoms with Crippen LogP contribution in [0, 0.1) is 11.8 Å². The Balaban J connectivity index is 2.13. The van der Waals surface area contributed by atoms with Gasteiger partial charge in [-0.1, -0.05) is 57.1 Å². The first kappa shape index (κ1) is 28.9. The number of carbonyl (C=O) groups is 3. The van der Waals surface area contributed by atoms with Gasteiger partial charge in [0.2, 0.25) is 5.91 Å². The van der Waals surface area contributed by atoms with Crippen LogP contribution >= 0.6 is 0 Å². The normalized spacial score (nSPS) is 20.6. The minimum absolute atomic E-state index is 0.185. The van der Waals surface area contributed by atoms with Crippen LogP contribution in [-0.2, 0) is 30.2 Å². The summed E-state index contributed by atoms with van der Waals surface area (Å²) < 4.78 is 11.7. The Labute approximate surface area is 211 Å². The fourth-order valence-electron chi connectivity index (χ4n) is 4.75. The average Bonchev–Trinajstić information content (AvgIpc) is 2.86. The van der Waals surface area contributed by atoms with Crippen LogP contribution in [0.1, 0.15) is 47.1 Å². The van der Waals surface area contributed by atoms with Gasteiger partial charge in [0.05, 0.1) is 23.5 Å². The van der Waals surface area contributed by atoms with Gasteiger partial charge in [-0.05, 0) is 43.1 Å². The summed E-state index contributed by atoms with van der Waals surface area (Å²) in [4.78, 5) is 44.0. The van der Waals surface area contributed by atoms with Gasteiger partial charge in [0.1, 0.15) is 6.61 Å². The number of amides is 1. The minimum atomic E-state index is -2.00. The van der Waals surface area contributed by atoms with Crippen molar-refractivity contribution in [3.63, 3.8) is 0 Å². The Hall–Kier alpha value is -3.30. The SMILES string of the molecule is CC[Si](CC)(CC)O[C@H](C)[C@H]1C(=O)N[C@]1(C)[C@@H](C)C(=O)C(=[N+]=[N-])C(=O)OCc1ccc(N=[N+]=[N-])cc1. The Bertz CT molecular complexity index is 1080. The maximum absolute atomic E-state index is 13.2. The van der Waals surface area contributed by atoms with Gasteiger partial charge in [0.15, 0.2) is 8.32 Å². The number of ketones is 1. The highest BCUT2D eigenvalue weighted by atomic mass is 28.4. The predicted octanol–water partition coefficient (Wildman–Crippen LogP) is 4.46. The molecule has 1 aromatic carbocycles. The van der Waals surface area contributed by atoms with E-state index in [0.717, 1.165) is 18.1 Å². The van der Waals surface area contributed by atoms with Crippen molar-refractivity contribution < 1.29 is 28.3 Å². The minimum Gasteiger partial charge on any atom is -0.452 e. The van der Waals surface area contributed by atoms with E-state index in [1.165, 1.54) is 0 Å². The second-order valence-corrected chi connectivity index (χ2v) is 14.0. The molecule has 12 heteroatoms. The van der Waals surface area contributed by atoms with E-state index in [0.29, 0.717) is 11.3 Å². The summed E-state index contributed by atoms with van der Waals surface area (Å²) in [5, 5.41) is 6.28. The molecule has 1 amide bonds. The summed E-state index contributed by atoms with van der Waals surface area (Å²) in [6.07, 6.45) is -0.416. The number of benzene rings is 1. The van der Waals surface area contributed by atoms with E-state index in [2.05, 4.69) is 40.9 Å². The van der Waals surface area contributed by atoms with Crippen molar-refractivity contribution in [1.29, 1.82) is 0 Å². The summed E-state index contributed by atoms with van der Waals surface area (Å²) in [6.45, 7) is 11.3. The number of nitrogens with one attached hydrogen (secondary N) is 1. The van der Waals surface area contributed by atoms with Gasteiger partial charge in [0, 0.05) is 10.6 Å². The van der Waals surface area contributed by atoms with Gasteiger partial charge in [0.25, 0.3) is 5.78 Å². The molecule has 1 N–H and O–H groups in total.